The first-order valence-electron chi connectivity index (χ1n) is 7.22. The number of likely N-dealkylation sites (tertiary alicyclic amines) is 1. The average molecular weight is 285 g/mol. The fourth-order valence-corrected chi connectivity index (χ4v) is 2.97. The van der Waals surface area contributed by atoms with Crippen LogP contribution in [0.5, 0.6) is 0 Å². The Morgan fingerprint density at radius 1 is 1.05 bits per heavy atom. The van der Waals surface area contributed by atoms with Crippen LogP contribution in [-0.4, -0.2) is 88.8 Å². The van der Waals surface area contributed by atoms with Crippen molar-refractivity contribution in [3.05, 3.63) is 0 Å². The van der Waals surface area contributed by atoms with Crippen molar-refractivity contribution >= 4 is 12.0 Å². The molecule has 0 radical (unpaired) electrons. The molecule has 114 valence electrons. The van der Waals surface area contributed by atoms with Crippen LogP contribution in [0.3, 0.4) is 0 Å². The van der Waals surface area contributed by atoms with E-state index in [-0.39, 0.29) is 25.2 Å². The first-order chi connectivity index (χ1) is 9.61. The zero-order valence-corrected chi connectivity index (χ0v) is 11.7. The zero-order valence-electron chi connectivity index (χ0n) is 11.7. The van der Waals surface area contributed by atoms with E-state index >= 15 is 0 Å². The fraction of sp³-hybridized carbons (Fsp3) is 0.846. The summed E-state index contributed by atoms with van der Waals surface area (Å²) in [5.41, 5.74) is 0. The Kier molecular flexibility index (Phi) is 5.19. The number of carbonyl (C=O) groups is 2. The number of rotatable bonds is 3. The monoisotopic (exact) mass is 285 g/mol. The fourth-order valence-electron chi connectivity index (χ4n) is 2.97. The van der Waals surface area contributed by atoms with Crippen molar-refractivity contribution < 1.29 is 19.8 Å². The molecule has 2 rings (SSSR count). The average Bonchev–Trinajstić information content (AvgIpc) is 2.77. The molecule has 2 N–H and O–H groups in total. The molecule has 2 fully saturated rings. The van der Waals surface area contributed by atoms with E-state index in [0.29, 0.717) is 32.7 Å². The van der Waals surface area contributed by atoms with Crippen LogP contribution < -0.4 is 0 Å². The van der Waals surface area contributed by atoms with E-state index < -0.39 is 5.97 Å². The Morgan fingerprint density at radius 2 is 1.85 bits per heavy atom. The van der Waals surface area contributed by atoms with Gasteiger partial charge in [-0.15, -0.1) is 0 Å². The number of carboxylic acids is 1. The van der Waals surface area contributed by atoms with E-state index in [1.54, 1.807) is 9.80 Å². The summed E-state index contributed by atoms with van der Waals surface area (Å²) in [4.78, 5) is 28.6. The molecule has 2 amide bonds. The molecule has 7 nitrogen and oxygen atoms in total. The van der Waals surface area contributed by atoms with Gasteiger partial charge in [0.1, 0.15) is 0 Å². The van der Waals surface area contributed by atoms with Gasteiger partial charge >= 0.3 is 12.0 Å². The minimum Gasteiger partial charge on any atom is -0.480 e. The van der Waals surface area contributed by atoms with E-state index in [0.717, 1.165) is 19.3 Å². The lowest BCUT2D eigenvalue weighted by molar-refractivity contribution is -0.138. The summed E-state index contributed by atoms with van der Waals surface area (Å²) in [5.74, 6) is -0.829. The van der Waals surface area contributed by atoms with Crippen LogP contribution in [-0.2, 0) is 4.79 Å². The van der Waals surface area contributed by atoms with Crippen LogP contribution in [0, 0.1) is 0 Å². The van der Waals surface area contributed by atoms with Gasteiger partial charge in [-0.25, -0.2) is 4.79 Å². The molecule has 0 spiro atoms. The van der Waals surface area contributed by atoms with Crippen molar-refractivity contribution in [1.82, 2.24) is 14.7 Å². The summed E-state index contributed by atoms with van der Waals surface area (Å²) in [5, 5.41) is 18.1. The molecule has 1 unspecified atom stereocenters. The third-order valence-electron chi connectivity index (χ3n) is 4.05. The maximum atomic E-state index is 12.5. The van der Waals surface area contributed by atoms with Gasteiger partial charge in [0.05, 0.1) is 19.2 Å². The molecule has 0 saturated carbocycles. The number of carboxylic acid groups (broad SMARTS) is 1. The molecule has 2 aliphatic heterocycles. The molecule has 0 aliphatic carbocycles. The van der Waals surface area contributed by atoms with Crippen LogP contribution in [0.25, 0.3) is 0 Å². The second kappa shape index (κ2) is 6.90. The lowest BCUT2D eigenvalue weighted by atomic mass is 10.2. The predicted octanol–water partition coefficient (Wildman–Crippen LogP) is -0.345. The molecule has 1 atom stereocenters. The molecule has 2 saturated heterocycles. The van der Waals surface area contributed by atoms with Gasteiger partial charge in [0, 0.05) is 32.7 Å². The molecule has 2 heterocycles. The molecule has 0 aromatic heterocycles. The van der Waals surface area contributed by atoms with E-state index in [1.807, 2.05) is 4.90 Å². The quantitative estimate of drug-likeness (QED) is 0.741. The Labute approximate surface area is 118 Å². The van der Waals surface area contributed by atoms with E-state index in [4.69, 9.17) is 5.11 Å². The molecule has 0 aromatic rings. The van der Waals surface area contributed by atoms with Crippen LogP contribution >= 0.6 is 0 Å². The van der Waals surface area contributed by atoms with E-state index in [1.165, 1.54) is 0 Å². The number of urea groups is 1. The molecule has 7 heteroatoms. The Balaban J connectivity index is 1.89. The maximum absolute atomic E-state index is 12.5. The van der Waals surface area contributed by atoms with Crippen molar-refractivity contribution in [3.8, 4) is 0 Å². The van der Waals surface area contributed by atoms with Crippen LogP contribution in [0.4, 0.5) is 4.79 Å². The number of aliphatic hydroxyl groups excluding tert-OH is 1. The maximum Gasteiger partial charge on any atom is 0.320 e. The smallest absolute Gasteiger partial charge is 0.320 e. The molecular weight excluding hydrogens is 262 g/mol. The summed E-state index contributed by atoms with van der Waals surface area (Å²) in [7, 11) is 0. The Morgan fingerprint density at radius 3 is 2.55 bits per heavy atom. The lowest BCUT2D eigenvalue weighted by Gasteiger charge is -2.30. The number of nitrogens with zero attached hydrogens (tertiary/aromatic N) is 3. The highest BCUT2D eigenvalue weighted by molar-refractivity contribution is 5.75. The normalized spacial score (nSPS) is 24.8. The van der Waals surface area contributed by atoms with Gasteiger partial charge in [-0.05, 0) is 19.3 Å². The van der Waals surface area contributed by atoms with Gasteiger partial charge in [0.15, 0.2) is 0 Å². The SMILES string of the molecule is O=C(O)CN1CCCN(C(=O)N2CCCC2CO)CC1. The molecule has 0 bridgehead atoms. The number of hydrogen-bond acceptors (Lipinski definition) is 4. The summed E-state index contributed by atoms with van der Waals surface area (Å²) >= 11 is 0. The molecule has 2 aliphatic rings. The largest absolute Gasteiger partial charge is 0.480 e. The second-order valence-electron chi connectivity index (χ2n) is 5.47. The standard InChI is InChI=1S/C13H23N3O4/c17-10-11-3-1-6-16(11)13(20)15-5-2-4-14(7-8-15)9-12(18)19/h11,17H,1-10H2,(H,18,19). The van der Waals surface area contributed by atoms with Crippen LogP contribution in [0.15, 0.2) is 0 Å². The predicted molar refractivity (Wildman–Crippen MR) is 72.5 cm³/mol. The zero-order chi connectivity index (χ0) is 14.5. The second-order valence-corrected chi connectivity index (χ2v) is 5.47. The first kappa shape index (κ1) is 15.1. The van der Waals surface area contributed by atoms with Gasteiger partial charge in [-0.3, -0.25) is 9.69 Å². The molecule has 20 heavy (non-hydrogen) atoms. The third-order valence-corrected chi connectivity index (χ3v) is 4.05. The summed E-state index contributed by atoms with van der Waals surface area (Å²) in [6.07, 6.45) is 2.59. The summed E-state index contributed by atoms with van der Waals surface area (Å²) < 4.78 is 0. The van der Waals surface area contributed by atoms with Crippen molar-refractivity contribution in [2.24, 2.45) is 0 Å². The Bertz CT molecular complexity index is 364. The van der Waals surface area contributed by atoms with Crippen molar-refractivity contribution in [3.63, 3.8) is 0 Å². The summed E-state index contributed by atoms with van der Waals surface area (Å²) in [6, 6.07) is -0.0698. The number of aliphatic hydroxyl groups is 1. The molecule has 0 aromatic carbocycles. The lowest BCUT2D eigenvalue weighted by Crippen LogP contribution is -2.47. The Hall–Kier alpha value is -1.34. The van der Waals surface area contributed by atoms with Gasteiger partial charge in [-0.2, -0.15) is 0 Å². The highest BCUT2D eigenvalue weighted by Crippen LogP contribution is 2.19. The minimum atomic E-state index is -0.829. The van der Waals surface area contributed by atoms with Crippen molar-refractivity contribution in [1.29, 1.82) is 0 Å². The van der Waals surface area contributed by atoms with E-state index in [9.17, 15) is 14.7 Å². The van der Waals surface area contributed by atoms with Gasteiger partial charge in [0.25, 0.3) is 0 Å². The topological polar surface area (TPSA) is 84.3 Å². The van der Waals surface area contributed by atoms with Gasteiger partial charge in [0.2, 0.25) is 0 Å². The summed E-state index contributed by atoms with van der Waals surface area (Å²) in [6.45, 7) is 3.27. The van der Waals surface area contributed by atoms with Crippen LogP contribution in [0.2, 0.25) is 0 Å². The number of hydrogen-bond donors (Lipinski definition) is 2. The van der Waals surface area contributed by atoms with Crippen molar-refractivity contribution in [2.75, 3.05) is 45.9 Å². The highest BCUT2D eigenvalue weighted by atomic mass is 16.4. The molecular formula is C13H23N3O4. The number of carbonyl (C=O) groups excluding carboxylic acids is 1. The number of aliphatic carboxylic acids is 1. The van der Waals surface area contributed by atoms with Gasteiger partial charge < -0.3 is 20.0 Å². The van der Waals surface area contributed by atoms with E-state index in [2.05, 4.69) is 0 Å². The highest BCUT2D eigenvalue weighted by Gasteiger charge is 2.32. The first-order valence-corrected chi connectivity index (χ1v) is 7.22. The van der Waals surface area contributed by atoms with Gasteiger partial charge in [-0.1, -0.05) is 0 Å². The minimum absolute atomic E-state index is 0.0151. The number of amides is 2. The van der Waals surface area contributed by atoms with Crippen LogP contribution in [0.1, 0.15) is 19.3 Å². The third kappa shape index (κ3) is 3.61. The van der Waals surface area contributed by atoms with Crippen molar-refractivity contribution in [2.45, 2.75) is 25.3 Å².